The van der Waals surface area contributed by atoms with E-state index in [1.807, 2.05) is 43.3 Å². The van der Waals surface area contributed by atoms with Crippen molar-refractivity contribution in [2.75, 3.05) is 13.1 Å². The van der Waals surface area contributed by atoms with Gasteiger partial charge in [0.2, 0.25) is 15.9 Å². The minimum Gasteiger partial charge on any atom is -0.338 e. The van der Waals surface area contributed by atoms with Crippen LogP contribution in [0, 0.1) is 5.92 Å². The number of carbonyl (C=O) groups is 1. The van der Waals surface area contributed by atoms with Gasteiger partial charge in [-0.1, -0.05) is 37.3 Å². The molecule has 0 radical (unpaired) electrons. The van der Waals surface area contributed by atoms with Crippen molar-refractivity contribution in [3.63, 3.8) is 0 Å². The Morgan fingerprint density at radius 3 is 2.64 bits per heavy atom. The van der Waals surface area contributed by atoms with Crippen LogP contribution < -0.4 is 4.72 Å². The third-order valence-electron chi connectivity index (χ3n) is 4.32. The lowest BCUT2D eigenvalue weighted by Gasteiger charge is -2.17. The highest BCUT2D eigenvalue weighted by Crippen LogP contribution is 2.23. The molecule has 2 heterocycles. The normalized spacial score (nSPS) is 18.0. The summed E-state index contributed by atoms with van der Waals surface area (Å²) >= 11 is 1.30. The van der Waals surface area contributed by atoms with Crippen molar-refractivity contribution >= 4 is 27.3 Å². The van der Waals surface area contributed by atoms with Crippen LogP contribution in [0.15, 0.2) is 46.7 Å². The molecule has 1 atom stereocenters. The number of carbonyl (C=O) groups excluding carboxylic acids is 1. The Labute approximate surface area is 152 Å². The number of likely N-dealkylation sites (tertiary alicyclic amines) is 1. The Kier molecular flexibility index (Phi) is 5.56. The third kappa shape index (κ3) is 4.48. The predicted octanol–water partition coefficient (Wildman–Crippen LogP) is 2.64. The van der Waals surface area contributed by atoms with Gasteiger partial charge in [0, 0.05) is 30.9 Å². The zero-order valence-corrected chi connectivity index (χ0v) is 15.8. The summed E-state index contributed by atoms with van der Waals surface area (Å²) in [4.78, 5) is 15.0. The maximum Gasteiger partial charge on any atom is 0.250 e. The summed E-state index contributed by atoms with van der Waals surface area (Å²) < 4.78 is 27.8. The molecule has 1 N–H and O–H groups in total. The van der Waals surface area contributed by atoms with E-state index in [0.29, 0.717) is 30.3 Å². The van der Waals surface area contributed by atoms with E-state index in [4.69, 9.17) is 0 Å². The smallest absolute Gasteiger partial charge is 0.250 e. The number of amides is 1. The number of nitrogens with zero attached hydrogens (tertiary/aromatic N) is 1. The lowest BCUT2D eigenvalue weighted by atomic mass is 10.1. The summed E-state index contributed by atoms with van der Waals surface area (Å²) in [6.07, 6.45) is 1.21. The van der Waals surface area contributed by atoms with Crippen molar-refractivity contribution in [3.05, 3.63) is 52.9 Å². The van der Waals surface area contributed by atoms with Crippen molar-refractivity contribution in [1.29, 1.82) is 0 Å². The molecule has 5 nitrogen and oxygen atoms in total. The van der Waals surface area contributed by atoms with Crippen LogP contribution in [0.25, 0.3) is 0 Å². The molecule has 25 heavy (non-hydrogen) atoms. The second kappa shape index (κ2) is 7.68. The first-order valence-corrected chi connectivity index (χ1v) is 10.7. The summed E-state index contributed by atoms with van der Waals surface area (Å²) in [7, 11) is -3.49. The van der Waals surface area contributed by atoms with E-state index in [1.165, 1.54) is 11.3 Å². The highest BCUT2D eigenvalue weighted by Gasteiger charge is 2.30. The number of aryl methyl sites for hydroxylation is 1. The Balaban J connectivity index is 1.56. The highest BCUT2D eigenvalue weighted by atomic mass is 32.2. The monoisotopic (exact) mass is 378 g/mol. The van der Waals surface area contributed by atoms with Crippen LogP contribution in [0.2, 0.25) is 0 Å². The lowest BCUT2D eigenvalue weighted by molar-refractivity contribution is -0.128. The van der Waals surface area contributed by atoms with Gasteiger partial charge in [0.1, 0.15) is 4.21 Å². The SMILES string of the molecule is CCc1ccc(S(=O)(=O)NCC2CC(=O)N(Cc3ccccc3)C2)s1. The maximum atomic E-state index is 12.4. The molecule has 1 amide bonds. The van der Waals surface area contributed by atoms with Gasteiger partial charge in [-0.2, -0.15) is 0 Å². The van der Waals surface area contributed by atoms with E-state index < -0.39 is 10.0 Å². The molecule has 1 unspecified atom stereocenters. The predicted molar refractivity (Wildman–Crippen MR) is 98.9 cm³/mol. The number of thiophene rings is 1. The first-order chi connectivity index (χ1) is 12.0. The van der Waals surface area contributed by atoms with Gasteiger partial charge in [-0.15, -0.1) is 11.3 Å². The summed E-state index contributed by atoms with van der Waals surface area (Å²) in [6, 6.07) is 13.3. The quantitative estimate of drug-likeness (QED) is 0.805. The maximum absolute atomic E-state index is 12.4. The van der Waals surface area contributed by atoms with E-state index >= 15 is 0 Å². The average molecular weight is 379 g/mol. The summed E-state index contributed by atoms with van der Waals surface area (Å²) in [5, 5.41) is 0. The molecule has 3 rings (SSSR count). The zero-order chi connectivity index (χ0) is 17.9. The summed E-state index contributed by atoms with van der Waals surface area (Å²) in [5.41, 5.74) is 1.09. The van der Waals surface area contributed by atoms with Crippen LogP contribution in [0.3, 0.4) is 0 Å². The van der Waals surface area contributed by atoms with Crippen molar-refractivity contribution in [1.82, 2.24) is 9.62 Å². The van der Waals surface area contributed by atoms with Crippen LogP contribution in [-0.2, 0) is 27.8 Å². The molecule has 0 spiro atoms. The molecule has 1 aliphatic heterocycles. The van der Waals surface area contributed by atoms with Crippen LogP contribution in [0.4, 0.5) is 0 Å². The standard InChI is InChI=1S/C18H22N2O3S2/c1-2-16-8-9-18(24-16)25(22,23)19-11-15-10-17(21)20(13-15)12-14-6-4-3-5-7-14/h3-9,15,19H,2,10-13H2,1H3. The van der Waals surface area contributed by atoms with Crippen molar-refractivity contribution < 1.29 is 13.2 Å². The van der Waals surface area contributed by atoms with Crippen LogP contribution in [0.5, 0.6) is 0 Å². The van der Waals surface area contributed by atoms with Gasteiger partial charge >= 0.3 is 0 Å². The number of hydrogen-bond donors (Lipinski definition) is 1. The summed E-state index contributed by atoms with van der Waals surface area (Å²) in [5.74, 6) is 0.0917. The largest absolute Gasteiger partial charge is 0.338 e. The molecule has 1 aromatic heterocycles. The van der Waals surface area contributed by atoms with Crippen LogP contribution >= 0.6 is 11.3 Å². The van der Waals surface area contributed by atoms with Crippen LogP contribution in [0.1, 0.15) is 23.8 Å². The number of nitrogens with one attached hydrogen (secondary N) is 1. The van der Waals surface area contributed by atoms with E-state index in [1.54, 1.807) is 11.0 Å². The van der Waals surface area contributed by atoms with Crippen molar-refractivity contribution in [2.45, 2.75) is 30.5 Å². The van der Waals surface area contributed by atoms with Gasteiger partial charge in [0.05, 0.1) is 0 Å². The number of rotatable bonds is 7. The van der Waals surface area contributed by atoms with Gasteiger partial charge in [-0.3, -0.25) is 4.79 Å². The van der Waals surface area contributed by atoms with E-state index in [2.05, 4.69) is 4.72 Å². The molecule has 0 aliphatic carbocycles. The Morgan fingerprint density at radius 1 is 1.20 bits per heavy atom. The molecule has 7 heteroatoms. The number of sulfonamides is 1. The lowest BCUT2D eigenvalue weighted by Crippen LogP contribution is -2.30. The Morgan fingerprint density at radius 2 is 1.96 bits per heavy atom. The van der Waals surface area contributed by atoms with Gasteiger partial charge in [-0.25, -0.2) is 13.1 Å². The van der Waals surface area contributed by atoms with Crippen molar-refractivity contribution in [2.24, 2.45) is 5.92 Å². The molecular weight excluding hydrogens is 356 g/mol. The minimum atomic E-state index is -3.49. The Bertz CT molecular complexity index is 831. The topological polar surface area (TPSA) is 66.5 Å². The zero-order valence-electron chi connectivity index (χ0n) is 14.1. The summed E-state index contributed by atoms with van der Waals surface area (Å²) in [6.45, 7) is 3.45. The fourth-order valence-corrected chi connectivity index (χ4v) is 5.39. The molecule has 1 aromatic carbocycles. The van der Waals surface area contributed by atoms with E-state index in [-0.39, 0.29) is 11.8 Å². The first kappa shape index (κ1) is 18.1. The first-order valence-electron chi connectivity index (χ1n) is 8.38. The molecule has 1 fully saturated rings. The third-order valence-corrected chi connectivity index (χ3v) is 7.47. The van der Waals surface area contributed by atoms with E-state index in [9.17, 15) is 13.2 Å². The molecule has 1 saturated heterocycles. The van der Waals surface area contributed by atoms with Crippen molar-refractivity contribution in [3.8, 4) is 0 Å². The minimum absolute atomic E-state index is 0.0107. The molecule has 0 saturated carbocycles. The molecule has 1 aliphatic rings. The Hall–Kier alpha value is -1.70. The van der Waals surface area contributed by atoms with Gasteiger partial charge in [0.25, 0.3) is 0 Å². The van der Waals surface area contributed by atoms with Gasteiger partial charge in [0.15, 0.2) is 0 Å². The second-order valence-corrected chi connectivity index (χ2v) is 9.42. The number of benzene rings is 1. The molecule has 134 valence electrons. The second-order valence-electron chi connectivity index (χ2n) is 6.26. The molecule has 0 bridgehead atoms. The van der Waals surface area contributed by atoms with Gasteiger partial charge in [-0.05, 0) is 30.0 Å². The van der Waals surface area contributed by atoms with E-state index in [0.717, 1.165) is 16.9 Å². The molecule has 2 aromatic rings. The highest BCUT2D eigenvalue weighted by molar-refractivity contribution is 7.91. The fourth-order valence-electron chi connectivity index (χ4n) is 2.94. The molecular formula is C18H22N2O3S2. The number of hydrogen-bond acceptors (Lipinski definition) is 4. The van der Waals surface area contributed by atoms with Gasteiger partial charge < -0.3 is 4.90 Å². The average Bonchev–Trinajstić information content (AvgIpc) is 3.22. The van der Waals surface area contributed by atoms with Crippen LogP contribution in [-0.4, -0.2) is 32.3 Å². The fraction of sp³-hybridized carbons (Fsp3) is 0.389.